The Morgan fingerprint density at radius 3 is 2.47 bits per heavy atom. The number of carbonyl (C=O) groups excluding carboxylic acids is 1. The van der Waals surface area contributed by atoms with Crippen LogP contribution in [0.5, 0.6) is 0 Å². The van der Waals surface area contributed by atoms with Gasteiger partial charge in [-0.05, 0) is 42.9 Å². The lowest BCUT2D eigenvalue weighted by atomic mass is 9.89. The van der Waals surface area contributed by atoms with E-state index in [1.165, 1.54) is 5.56 Å². The molecule has 1 aliphatic heterocycles. The number of halogens is 1. The summed E-state index contributed by atoms with van der Waals surface area (Å²) in [6, 6.07) is 7.69. The van der Waals surface area contributed by atoms with Crippen molar-refractivity contribution in [2.24, 2.45) is 5.73 Å². The highest BCUT2D eigenvalue weighted by Crippen LogP contribution is 2.29. The topological polar surface area (TPSA) is 46.3 Å². The molecule has 1 atom stereocenters. The minimum Gasteiger partial charge on any atom is -0.341 e. The van der Waals surface area contributed by atoms with E-state index in [1.807, 2.05) is 24.0 Å². The molecular formula is C15H21ClN2O. The first kappa shape index (κ1) is 14.4. The van der Waals surface area contributed by atoms with Gasteiger partial charge in [0.1, 0.15) is 0 Å². The summed E-state index contributed by atoms with van der Waals surface area (Å²) in [5.41, 5.74) is 7.12. The molecule has 19 heavy (non-hydrogen) atoms. The summed E-state index contributed by atoms with van der Waals surface area (Å²) in [7, 11) is 0. The van der Waals surface area contributed by atoms with E-state index in [0.29, 0.717) is 12.3 Å². The van der Waals surface area contributed by atoms with Crippen LogP contribution in [0.2, 0.25) is 5.02 Å². The molecule has 0 aromatic heterocycles. The third kappa shape index (κ3) is 3.48. The minimum absolute atomic E-state index is 0.0945. The molecule has 1 amide bonds. The summed E-state index contributed by atoms with van der Waals surface area (Å²) in [5, 5.41) is 0.769. The molecule has 104 valence electrons. The number of carbonyl (C=O) groups is 1. The van der Waals surface area contributed by atoms with Gasteiger partial charge in [0.15, 0.2) is 0 Å². The molecule has 1 aromatic carbocycles. The van der Waals surface area contributed by atoms with Crippen molar-refractivity contribution in [2.45, 2.75) is 38.1 Å². The molecule has 2 rings (SSSR count). The van der Waals surface area contributed by atoms with E-state index < -0.39 is 0 Å². The number of hydrogen-bond donors (Lipinski definition) is 1. The van der Waals surface area contributed by atoms with Crippen molar-refractivity contribution in [3.63, 3.8) is 0 Å². The molecule has 0 radical (unpaired) electrons. The van der Waals surface area contributed by atoms with Crippen LogP contribution in [-0.2, 0) is 4.79 Å². The van der Waals surface area contributed by atoms with Crippen molar-refractivity contribution in [3.05, 3.63) is 34.9 Å². The number of amides is 1. The molecule has 1 aliphatic rings. The number of piperidine rings is 1. The lowest BCUT2D eigenvalue weighted by Crippen LogP contribution is -2.46. The molecule has 1 unspecified atom stereocenters. The van der Waals surface area contributed by atoms with Gasteiger partial charge in [-0.2, -0.15) is 0 Å². The van der Waals surface area contributed by atoms with Crippen LogP contribution in [0.25, 0.3) is 0 Å². The molecule has 1 fully saturated rings. The van der Waals surface area contributed by atoms with Crippen LogP contribution in [0, 0.1) is 0 Å². The number of benzene rings is 1. The van der Waals surface area contributed by atoms with Crippen molar-refractivity contribution in [1.29, 1.82) is 0 Å². The van der Waals surface area contributed by atoms with Gasteiger partial charge in [0, 0.05) is 18.1 Å². The first-order valence-corrected chi connectivity index (χ1v) is 7.29. The van der Waals surface area contributed by atoms with Crippen LogP contribution < -0.4 is 5.73 Å². The number of nitrogens with two attached hydrogens (primary N) is 1. The lowest BCUT2D eigenvalue weighted by Gasteiger charge is -2.33. The highest BCUT2D eigenvalue weighted by molar-refractivity contribution is 6.30. The Labute approximate surface area is 119 Å². The summed E-state index contributed by atoms with van der Waals surface area (Å²) in [6.45, 7) is 3.56. The van der Waals surface area contributed by atoms with E-state index in [-0.39, 0.29) is 11.9 Å². The maximum absolute atomic E-state index is 12.0. The van der Waals surface area contributed by atoms with Gasteiger partial charge >= 0.3 is 0 Å². The van der Waals surface area contributed by atoms with Crippen LogP contribution >= 0.6 is 11.6 Å². The van der Waals surface area contributed by atoms with E-state index in [1.54, 1.807) is 0 Å². The van der Waals surface area contributed by atoms with E-state index >= 15 is 0 Å². The average molecular weight is 281 g/mol. The van der Waals surface area contributed by atoms with Crippen molar-refractivity contribution in [1.82, 2.24) is 4.90 Å². The number of hydrogen-bond acceptors (Lipinski definition) is 2. The molecular weight excluding hydrogens is 260 g/mol. The second kappa shape index (κ2) is 6.40. The molecule has 1 aromatic rings. The van der Waals surface area contributed by atoms with Gasteiger partial charge in [-0.25, -0.2) is 0 Å². The van der Waals surface area contributed by atoms with Gasteiger partial charge in [-0.1, -0.05) is 30.7 Å². The smallest absolute Gasteiger partial charge is 0.239 e. The Hall–Kier alpha value is -1.06. The Morgan fingerprint density at radius 1 is 1.37 bits per heavy atom. The number of nitrogens with zero attached hydrogens (tertiary/aromatic N) is 1. The Bertz CT molecular complexity index is 424. The number of likely N-dealkylation sites (tertiary alicyclic amines) is 1. The standard InChI is InChI=1S/C15H21ClN2O/c1-2-14(17)15(19)18-9-7-12(8-10-18)11-3-5-13(16)6-4-11/h3-6,12,14H,2,7-10,17H2,1H3. The van der Waals surface area contributed by atoms with Crippen LogP contribution in [-0.4, -0.2) is 29.9 Å². The maximum Gasteiger partial charge on any atom is 0.239 e. The lowest BCUT2D eigenvalue weighted by molar-refractivity contribution is -0.133. The SMILES string of the molecule is CCC(N)C(=O)N1CCC(c2ccc(Cl)cc2)CC1. The molecule has 0 aliphatic carbocycles. The third-order valence-electron chi connectivity index (χ3n) is 3.91. The van der Waals surface area contributed by atoms with E-state index in [9.17, 15) is 4.79 Å². The zero-order valence-electron chi connectivity index (χ0n) is 11.3. The van der Waals surface area contributed by atoms with Crippen molar-refractivity contribution in [2.75, 3.05) is 13.1 Å². The van der Waals surface area contributed by atoms with Gasteiger partial charge in [-0.3, -0.25) is 4.79 Å². The normalized spacial score (nSPS) is 18.4. The molecule has 0 spiro atoms. The summed E-state index contributed by atoms with van der Waals surface area (Å²) in [6.07, 6.45) is 2.71. The fraction of sp³-hybridized carbons (Fsp3) is 0.533. The fourth-order valence-electron chi connectivity index (χ4n) is 2.58. The maximum atomic E-state index is 12.0. The molecule has 4 heteroatoms. The molecule has 2 N–H and O–H groups in total. The Kier molecular flexibility index (Phi) is 4.83. The quantitative estimate of drug-likeness (QED) is 0.925. The van der Waals surface area contributed by atoms with Crippen molar-refractivity contribution in [3.8, 4) is 0 Å². The van der Waals surface area contributed by atoms with Gasteiger partial charge in [0.05, 0.1) is 6.04 Å². The van der Waals surface area contributed by atoms with Crippen LogP contribution in [0.15, 0.2) is 24.3 Å². The summed E-state index contributed by atoms with van der Waals surface area (Å²) in [5.74, 6) is 0.622. The van der Waals surface area contributed by atoms with Crippen LogP contribution in [0.4, 0.5) is 0 Å². The predicted octanol–water partition coefficient (Wildman–Crippen LogP) is 2.78. The number of rotatable bonds is 3. The van der Waals surface area contributed by atoms with Crippen LogP contribution in [0.3, 0.4) is 0 Å². The van der Waals surface area contributed by atoms with Gasteiger partial charge in [0.25, 0.3) is 0 Å². The zero-order chi connectivity index (χ0) is 13.8. The summed E-state index contributed by atoms with van der Waals surface area (Å²) < 4.78 is 0. The van der Waals surface area contributed by atoms with Gasteiger partial charge in [0.2, 0.25) is 5.91 Å². The van der Waals surface area contributed by atoms with Gasteiger partial charge < -0.3 is 10.6 Å². The van der Waals surface area contributed by atoms with Crippen molar-refractivity contribution < 1.29 is 4.79 Å². The largest absolute Gasteiger partial charge is 0.341 e. The second-order valence-electron chi connectivity index (χ2n) is 5.17. The highest BCUT2D eigenvalue weighted by Gasteiger charge is 2.26. The van der Waals surface area contributed by atoms with E-state index in [0.717, 1.165) is 31.0 Å². The van der Waals surface area contributed by atoms with E-state index in [2.05, 4.69) is 12.1 Å². The van der Waals surface area contributed by atoms with Crippen LogP contribution in [0.1, 0.15) is 37.7 Å². The Balaban J connectivity index is 1.92. The first-order valence-electron chi connectivity index (χ1n) is 6.91. The molecule has 0 saturated carbocycles. The first-order chi connectivity index (χ1) is 9.11. The molecule has 0 bridgehead atoms. The molecule has 1 saturated heterocycles. The summed E-state index contributed by atoms with van der Waals surface area (Å²) >= 11 is 5.90. The Morgan fingerprint density at radius 2 is 1.95 bits per heavy atom. The minimum atomic E-state index is -0.341. The molecule has 1 heterocycles. The van der Waals surface area contributed by atoms with Crippen molar-refractivity contribution >= 4 is 17.5 Å². The summed E-state index contributed by atoms with van der Waals surface area (Å²) in [4.78, 5) is 13.9. The third-order valence-corrected chi connectivity index (χ3v) is 4.16. The second-order valence-corrected chi connectivity index (χ2v) is 5.60. The molecule has 3 nitrogen and oxygen atoms in total. The van der Waals surface area contributed by atoms with Gasteiger partial charge in [-0.15, -0.1) is 0 Å². The zero-order valence-corrected chi connectivity index (χ0v) is 12.1. The predicted molar refractivity (Wildman–Crippen MR) is 78.3 cm³/mol. The average Bonchev–Trinajstić information content (AvgIpc) is 2.46. The van der Waals surface area contributed by atoms with E-state index in [4.69, 9.17) is 17.3 Å². The highest BCUT2D eigenvalue weighted by atomic mass is 35.5. The monoisotopic (exact) mass is 280 g/mol. The fourth-order valence-corrected chi connectivity index (χ4v) is 2.70.